The first kappa shape index (κ1) is 14.4. The minimum absolute atomic E-state index is 0.143. The van der Waals surface area contributed by atoms with Crippen LogP contribution in [0.1, 0.15) is 18.4 Å². The predicted molar refractivity (Wildman–Crippen MR) is 85.4 cm³/mol. The number of hydrogen-bond acceptors (Lipinski definition) is 5. The molecule has 6 heteroatoms. The number of aryl methyl sites for hydroxylation is 1. The molecule has 0 bridgehead atoms. The lowest BCUT2D eigenvalue weighted by molar-refractivity contribution is 0.322. The molecule has 3 rings (SSSR count). The quantitative estimate of drug-likeness (QED) is 0.859. The van der Waals surface area contributed by atoms with Crippen LogP contribution in [0, 0.1) is 6.92 Å². The van der Waals surface area contributed by atoms with Gasteiger partial charge < -0.3 is 10.0 Å². The van der Waals surface area contributed by atoms with Gasteiger partial charge in [0.05, 0.1) is 12.3 Å². The Hall–Kier alpha value is -1.53. The zero-order chi connectivity index (χ0) is 14.7. The molecule has 0 saturated carbocycles. The number of rotatable bonds is 5. The van der Waals surface area contributed by atoms with Crippen molar-refractivity contribution >= 4 is 17.7 Å². The standard InChI is InChI=1S/C15H20N4OS/c1-12-4-6-13(7-5-12)19-14(18-8-2-3-9-18)16-17-15(19)21-11-10-20/h4-7,20H,2-3,8-11H2,1H3. The molecule has 2 aromatic rings. The Bertz CT molecular complexity index is 590. The molecule has 1 N–H and O–H groups in total. The molecule has 1 aromatic heterocycles. The van der Waals surface area contributed by atoms with Crippen LogP contribution >= 0.6 is 11.8 Å². The van der Waals surface area contributed by atoms with Crippen LogP contribution in [-0.4, -0.2) is 45.3 Å². The molecule has 2 heterocycles. The monoisotopic (exact) mass is 304 g/mol. The third kappa shape index (κ3) is 3.06. The van der Waals surface area contributed by atoms with E-state index in [2.05, 4.69) is 50.9 Å². The van der Waals surface area contributed by atoms with E-state index in [-0.39, 0.29) is 6.61 Å². The molecule has 1 aromatic carbocycles. The fraction of sp³-hybridized carbons (Fsp3) is 0.467. The van der Waals surface area contributed by atoms with Crippen LogP contribution in [-0.2, 0) is 0 Å². The summed E-state index contributed by atoms with van der Waals surface area (Å²) in [5, 5.41) is 18.6. The second kappa shape index (κ2) is 6.49. The van der Waals surface area contributed by atoms with Gasteiger partial charge in [-0.05, 0) is 31.9 Å². The first-order valence-corrected chi connectivity index (χ1v) is 8.29. The minimum Gasteiger partial charge on any atom is -0.396 e. The minimum atomic E-state index is 0.143. The fourth-order valence-electron chi connectivity index (χ4n) is 2.53. The zero-order valence-corrected chi connectivity index (χ0v) is 13.0. The van der Waals surface area contributed by atoms with Crippen molar-refractivity contribution in [3.05, 3.63) is 29.8 Å². The van der Waals surface area contributed by atoms with E-state index in [0.29, 0.717) is 5.75 Å². The van der Waals surface area contributed by atoms with Crippen LogP contribution in [0.15, 0.2) is 29.4 Å². The molecule has 0 spiro atoms. The Kier molecular flexibility index (Phi) is 4.45. The summed E-state index contributed by atoms with van der Waals surface area (Å²) in [6, 6.07) is 8.40. The Morgan fingerprint density at radius 1 is 1.14 bits per heavy atom. The number of aliphatic hydroxyl groups is 1. The normalized spacial score (nSPS) is 14.9. The van der Waals surface area contributed by atoms with Crippen molar-refractivity contribution in [3.63, 3.8) is 0 Å². The third-order valence-electron chi connectivity index (χ3n) is 3.62. The van der Waals surface area contributed by atoms with Gasteiger partial charge in [-0.2, -0.15) is 0 Å². The second-order valence-corrected chi connectivity index (χ2v) is 6.28. The maximum absolute atomic E-state index is 9.06. The number of nitrogens with zero attached hydrogens (tertiary/aromatic N) is 4. The van der Waals surface area contributed by atoms with Gasteiger partial charge in [-0.15, -0.1) is 10.2 Å². The van der Waals surface area contributed by atoms with Crippen molar-refractivity contribution in [2.75, 3.05) is 30.3 Å². The molecule has 112 valence electrons. The predicted octanol–water partition coefficient (Wildman–Crippen LogP) is 2.26. The van der Waals surface area contributed by atoms with Crippen LogP contribution in [0.3, 0.4) is 0 Å². The van der Waals surface area contributed by atoms with Gasteiger partial charge in [0, 0.05) is 18.8 Å². The Morgan fingerprint density at radius 2 is 1.86 bits per heavy atom. The summed E-state index contributed by atoms with van der Waals surface area (Å²) in [7, 11) is 0. The molecule has 1 fully saturated rings. The van der Waals surface area contributed by atoms with Crippen molar-refractivity contribution in [2.24, 2.45) is 0 Å². The lowest BCUT2D eigenvalue weighted by Gasteiger charge is -2.18. The van der Waals surface area contributed by atoms with Gasteiger partial charge in [-0.1, -0.05) is 29.5 Å². The van der Waals surface area contributed by atoms with Crippen molar-refractivity contribution in [1.82, 2.24) is 14.8 Å². The summed E-state index contributed by atoms with van der Waals surface area (Å²) in [4.78, 5) is 2.29. The van der Waals surface area contributed by atoms with Gasteiger partial charge >= 0.3 is 0 Å². The highest BCUT2D eigenvalue weighted by atomic mass is 32.2. The first-order valence-electron chi connectivity index (χ1n) is 7.30. The largest absolute Gasteiger partial charge is 0.396 e. The summed E-state index contributed by atoms with van der Waals surface area (Å²) in [5.41, 5.74) is 2.31. The Labute approximate surface area is 129 Å². The molecule has 0 radical (unpaired) electrons. The summed E-state index contributed by atoms with van der Waals surface area (Å²) in [5.74, 6) is 1.54. The smallest absolute Gasteiger partial charge is 0.232 e. The number of aliphatic hydroxyl groups excluding tert-OH is 1. The van der Waals surface area contributed by atoms with E-state index in [1.54, 1.807) is 0 Å². The number of thioether (sulfide) groups is 1. The van der Waals surface area contributed by atoms with E-state index in [4.69, 9.17) is 5.11 Å². The summed E-state index contributed by atoms with van der Waals surface area (Å²) >= 11 is 1.54. The fourth-order valence-corrected chi connectivity index (χ4v) is 3.22. The number of aromatic nitrogens is 3. The van der Waals surface area contributed by atoms with Crippen LogP contribution in [0.5, 0.6) is 0 Å². The topological polar surface area (TPSA) is 54.2 Å². The third-order valence-corrected chi connectivity index (χ3v) is 4.53. The highest BCUT2D eigenvalue weighted by Gasteiger charge is 2.22. The van der Waals surface area contributed by atoms with Gasteiger partial charge in [0.2, 0.25) is 5.95 Å². The molecule has 0 atom stereocenters. The van der Waals surface area contributed by atoms with E-state index in [9.17, 15) is 0 Å². The lowest BCUT2D eigenvalue weighted by Crippen LogP contribution is -2.22. The highest BCUT2D eigenvalue weighted by molar-refractivity contribution is 7.99. The highest BCUT2D eigenvalue weighted by Crippen LogP contribution is 2.28. The SMILES string of the molecule is Cc1ccc(-n2c(SCCO)nnc2N2CCCC2)cc1. The van der Waals surface area contributed by atoms with Gasteiger partial charge in [-0.3, -0.25) is 4.57 Å². The summed E-state index contributed by atoms with van der Waals surface area (Å²) < 4.78 is 2.10. The Balaban J connectivity index is 2.00. The van der Waals surface area contributed by atoms with Crippen molar-refractivity contribution in [1.29, 1.82) is 0 Å². The van der Waals surface area contributed by atoms with Gasteiger partial charge in [-0.25, -0.2) is 0 Å². The number of benzene rings is 1. The lowest BCUT2D eigenvalue weighted by atomic mass is 10.2. The maximum Gasteiger partial charge on any atom is 0.232 e. The van der Waals surface area contributed by atoms with Crippen LogP contribution in [0.2, 0.25) is 0 Å². The van der Waals surface area contributed by atoms with Gasteiger partial charge in [0.25, 0.3) is 0 Å². The van der Waals surface area contributed by atoms with Crippen molar-refractivity contribution in [2.45, 2.75) is 24.9 Å². The molecule has 0 amide bonds. The zero-order valence-electron chi connectivity index (χ0n) is 12.2. The van der Waals surface area contributed by atoms with Gasteiger partial charge in [0.1, 0.15) is 0 Å². The molecule has 0 aliphatic carbocycles. The number of hydrogen-bond donors (Lipinski definition) is 1. The van der Waals surface area contributed by atoms with Crippen LogP contribution < -0.4 is 4.90 Å². The molecule has 1 saturated heterocycles. The maximum atomic E-state index is 9.06. The van der Waals surface area contributed by atoms with E-state index in [1.165, 1.54) is 30.2 Å². The summed E-state index contributed by atoms with van der Waals surface area (Å²) in [6.45, 7) is 4.30. The summed E-state index contributed by atoms with van der Waals surface area (Å²) in [6.07, 6.45) is 2.42. The number of anilines is 1. The van der Waals surface area contributed by atoms with Crippen molar-refractivity contribution in [3.8, 4) is 5.69 Å². The van der Waals surface area contributed by atoms with Crippen molar-refractivity contribution < 1.29 is 5.11 Å². The van der Waals surface area contributed by atoms with E-state index in [0.717, 1.165) is 29.9 Å². The molecule has 1 aliphatic heterocycles. The van der Waals surface area contributed by atoms with Gasteiger partial charge in [0.15, 0.2) is 5.16 Å². The van der Waals surface area contributed by atoms with Crippen LogP contribution in [0.25, 0.3) is 5.69 Å². The van der Waals surface area contributed by atoms with E-state index < -0.39 is 0 Å². The van der Waals surface area contributed by atoms with E-state index in [1.807, 2.05) is 0 Å². The molecular weight excluding hydrogens is 284 g/mol. The molecule has 5 nitrogen and oxygen atoms in total. The molecule has 0 unspecified atom stereocenters. The Morgan fingerprint density at radius 3 is 2.52 bits per heavy atom. The first-order chi connectivity index (χ1) is 10.3. The average molecular weight is 304 g/mol. The van der Waals surface area contributed by atoms with Crippen LogP contribution in [0.4, 0.5) is 5.95 Å². The average Bonchev–Trinajstić information content (AvgIpc) is 3.15. The molecule has 1 aliphatic rings. The molecular formula is C15H20N4OS. The molecule has 21 heavy (non-hydrogen) atoms. The second-order valence-electron chi connectivity index (χ2n) is 5.22. The van der Waals surface area contributed by atoms with E-state index >= 15 is 0 Å².